The summed E-state index contributed by atoms with van der Waals surface area (Å²) in [6.45, 7) is 0. The molecule has 0 fully saturated rings. The van der Waals surface area contributed by atoms with Crippen LogP contribution in [0.3, 0.4) is 0 Å². The Bertz CT molecular complexity index is 822. The summed E-state index contributed by atoms with van der Waals surface area (Å²) in [6.07, 6.45) is 1.48. The molecule has 0 amide bonds. The molecule has 1 heterocycles. The maximum atomic E-state index is 12.4. The third-order valence-electron chi connectivity index (χ3n) is 3.48. The number of fused-ring (bicyclic) bond motifs is 1. The zero-order chi connectivity index (χ0) is 16.6. The van der Waals surface area contributed by atoms with E-state index in [0.29, 0.717) is 28.4 Å². The molecular formula is C17H14O6. The highest BCUT2D eigenvalue weighted by atomic mass is 16.5. The van der Waals surface area contributed by atoms with Crippen molar-refractivity contribution in [2.75, 3.05) is 14.2 Å². The van der Waals surface area contributed by atoms with E-state index in [4.69, 9.17) is 14.2 Å². The van der Waals surface area contributed by atoms with E-state index in [1.165, 1.54) is 32.4 Å². The summed E-state index contributed by atoms with van der Waals surface area (Å²) in [5.41, 5.74) is 0.888. The molecule has 118 valence electrons. The summed E-state index contributed by atoms with van der Waals surface area (Å²) in [6, 6.07) is 7.46. The number of Topliss-reactive ketones (excluding diaryl/α,β-unsaturated/α-hetero) is 1. The third kappa shape index (κ3) is 2.44. The number of ether oxygens (including phenoxy) is 3. The largest absolute Gasteiger partial charge is 0.504 e. The van der Waals surface area contributed by atoms with Crippen molar-refractivity contribution in [3.63, 3.8) is 0 Å². The van der Waals surface area contributed by atoms with Crippen LogP contribution >= 0.6 is 0 Å². The number of phenolic OH excluding ortho intramolecular Hbond substituents is 2. The summed E-state index contributed by atoms with van der Waals surface area (Å²) in [7, 11) is 2.96. The number of aromatic hydroxyl groups is 2. The number of rotatable bonds is 3. The van der Waals surface area contributed by atoms with E-state index < -0.39 is 0 Å². The van der Waals surface area contributed by atoms with E-state index in [9.17, 15) is 15.0 Å². The Morgan fingerprint density at radius 3 is 2.48 bits per heavy atom. The van der Waals surface area contributed by atoms with Crippen molar-refractivity contribution in [1.29, 1.82) is 0 Å². The fraction of sp³-hybridized carbons (Fsp3) is 0.118. The van der Waals surface area contributed by atoms with Crippen molar-refractivity contribution in [2.24, 2.45) is 0 Å². The minimum atomic E-state index is -0.298. The first-order chi connectivity index (χ1) is 11.0. The lowest BCUT2D eigenvalue weighted by Gasteiger charge is -2.10. The maximum absolute atomic E-state index is 12.4. The minimum absolute atomic E-state index is 0.0941. The number of ketones is 1. The van der Waals surface area contributed by atoms with Gasteiger partial charge in [-0.1, -0.05) is 6.07 Å². The standard InChI is InChI=1S/C17H14O6/c1-21-13-6-4-10-15(20)14(23-16(10)17(13)22-2)8-9-3-5-11(18)12(19)7-9/h3-8,18-19H,1-2H3. The van der Waals surface area contributed by atoms with Gasteiger partial charge in [0.2, 0.25) is 11.5 Å². The van der Waals surface area contributed by atoms with Crippen LogP contribution in [0.4, 0.5) is 0 Å². The number of hydrogen-bond donors (Lipinski definition) is 2. The molecule has 6 nitrogen and oxygen atoms in total. The van der Waals surface area contributed by atoms with Crippen LogP contribution in [0.5, 0.6) is 28.7 Å². The Labute approximate surface area is 132 Å². The number of hydrogen-bond acceptors (Lipinski definition) is 6. The third-order valence-corrected chi connectivity index (χ3v) is 3.48. The first-order valence-corrected chi connectivity index (χ1v) is 6.76. The molecule has 6 heteroatoms. The first-order valence-electron chi connectivity index (χ1n) is 6.76. The average molecular weight is 314 g/mol. The van der Waals surface area contributed by atoms with Crippen LogP contribution in [-0.2, 0) is 0 Å². The normalized spacial score (nSPS) is 14.5. The number of phenols is 2. The molecule has 1 aliphatic heterocycles. The lowest BCUT2D eigenvalue weighted by atomic mass is 10.1. The highest BCUT2D eigenvalue weighted by molar-refractivity contribution is 6.15. The van der Waals surface area contributed by atoms with Gasteiger partial charge in [-0.25, -0.2) is 0 Å². The van der Waals surface area contributed by atoms with Crippen LogP contribution in [0.1, 0.15) is 15.9 Å². The Morgan fingerprint density at radius 2 is 1.83 bits per heavy atom. The Morgan fingerprint density at radius 1 is 1.04 bits per heavy atom. The predicted molar refractivity (Wildman–Crippen MR) is 82.3 cm³/mol. The van der Waals surface area contributed by atoms with Crippen LogP contribution in [0.15, 0.2) is 36.1 Å². The Kier molecular flexibility index (Phi) is 3.57. The monoisotopic (exact) mass is 314 g/mol. The fourth-order valence-electron chi connectivity index (χ4n) is 2.34. The summed E-state index contributed by atoms with van der Waals surface area (Å²) >= 11 is 0. The minimum Gasteiger partial charge on any atom is -0.504 e. The van der Waals surface area contributed by atoms with Gasteiger partial charge in [-0.15, -0.1) is 0 Å². The van der Waals surface area contributed by atoms with Crippen LogP contribution < -0.4 is 14.2 Å². The summed E-state index contributed by atoms with van der Waals surface area (Å²) in [4.78, 5) is 12.4. The number of allylic oxidation sites excluding steroid dienone is 1. The second-order valence-corrected chi connectivity index (χ2v) is 4.87. The number of carbonyl (C=O) groups is 1. The average Bonchev–Trinajstić information content (AvgIpc) is 2.86. The molecule has 2 N–H and O–H groups in total. The molecule has 0 saturated carbocycles. The molecule has 23 heavy (non-hydrogen) atoms. The van der Waals surface area contributed by atoms with E-state index in [1.807, 2.05) is 0 Å². The molecule has 2 aromatic rings. The maximum Gasteiger partial charge on any atom is 0.232 e. The van der Waals surface area contributed by atoms with Crippen molar-refractivity contribution in [3.05, 3.63) is 47.2 Å². The highest BCUT2D eigenvalue weighted by Gasteiger charge is 2.32. The van der Waals surface area contributed by atoms with Crippen molar-refractivity contribution in [3.8, 4) is 28.7 Å². The molecule has 0 saturated heterocycles. The molecule has 0 radical (unpaired) electrons. The van der Waals surface area contributed by atoms with Crippen LogP contribution in [0.2, 0.25) is 0 Å². The molecule has 1 aliphatic rings. The van der Waals surface area contributed by atoms with Gasteiger partial charge in [0.1, 0.15) is 0 Å². The van der Waals surface area contributed by atoms with E-state index in [2.05, 4.69) is 0 Å². The van der Waals surface area contributed by atoms with Gasteiger partial charge in [0, 0.05) is 0 Å². The van der Waals surface area contributed by atoms with E-state index in [0.717, 1.165) is 0 Å². The van der Waals surface area contributed by atoms with Gasteiger partial charge in [-0.3, -0.25) is 4.79 Å². The molecule has 0 spiro atoms. The number of methoxy groups -OCH3 is 2. The summed E-state index contributed by atoms with van der Waals surface area (Å²) < 4.78 is 16.1. The number of benzene rings is 2. The molecule has 2 aromatic carbocycles. The van der Waals surface area contributed by atoms with Gasteiger partial charge in [0.05, 0.1) is 19.8 Å². The van der Waals surface area contributed by atoms with Crippen molar-refractivity contribution < 1.29 is 29.2 Å². The first kappa shape index (κ1) is 14.8. The van der Waals surface area contributed by atoms with Gasteiger partial charge in [0.15, 0.2) is 28.8 Å². The Hall–Kier alpha value is -3.15. The Balaban J connectivity index is 2.03. The van der Waals surface area contributed by atoms with Gasteiger partial charge in [-0.05, 0) is 35.9 Å². The van der Waals surface area contributed by atoms with E-state index >= 15 is 0 Å². The SMILES string of the molecule is COc1ccc2c(c1OC)OC(=Cc1ccc(O)c(O)c1)C2=O. The molecule has 0 aliphatic carbocycles. The molecule has 3 rings (SSSR count). The van der Waals surface area contributed by atoms with Crippen molar-refractivity contribution in [2.45, 2.75) is 0 Å². The summed E-state index contributed by atoms with van der Waals surface area (Å²) in [5.74, 6) is 0.385. The van der Waals surface area contributed by atoms with Crippen LogP contribution in [0.25, 0.3) is 6.08 Å². The highest BCUT2D eigenvalue weighted by Crippen LogP contribution is 2.45. The zero-order valence-electron chi connectivity index (χ0n) is 12.5. The topological polar surface area (TPSA) is 85.2 Å². The molecule has 0 bridgehead atoms. The second kappa shape index (κ2) is 5.57. The molecule has 0 unspecified atom stereocenters. The second-order valence-electron chi connectivity index (χ2n) is 4.87. The van der Waals surface area contributed by atoms with Gasteiger partial charge < -0.3 is 24.4 Å². The molecule has 0 aromatic heterocycles. The van der Waals surface area contributed by atoms with Crippen LogP contribution in [-0.4, -0.2) is 30.2 Å². The fourth-order valence-corrected chi connectivity index (χ4v) is 2.34. The lowest BCUT2D eigenvalue weighted by Crippen LogP contribution is -1.97. The molecular weight excluding hydrogens is 300 g/mol. The van der Waals surface area contributed by atoms with E-state index in [-0.39, 0.29) is 23.0 Å². The van der Waals surface area contributed by atoms with Gasteiger partial charge >= 0.3 is 0 Å². The van der Waals surface area contributed by atoms with E-state index in [1.54, 1.807) is 18.2 Å². The van der Waals surface area contributed by atoms with Crippen molar-refractivity contribution in [1.82, 2.24) is 0 Å². The number of carbonyl (C=O) groups excluding carboxylic acids is 1. The quantitative estimate of drug-likeness (QED) is 0.669. The zero-order valence-corrected chi connectivity index (χ0v) is 12.5. The van der Waals surface area contributed by atoms with Gasteiger partial charge in [0.25, 0.3) is 0 Å². The smallest absolute Gasteiger partial charge is 0.232 e. The predicted octanol–water partition coefficient (Wildman–Crippen LogP) is 2.73. The summed E-state index contributed by atoms with van der Waals surface area (Å²) in [5, 5.41) is 18.8. The molecule has 0 atom stereocenters. The van der Waals surface area contributed by atoms with Gasteiger partial charge in [-0.2, -0.15) is 0 Å². The van der Waals surface area contributed by atoms with Crippen molar-refractivity contribution >= 4 is 11.9 Å². The lowest BCUT2D eigenvalue weighted by molar-refractivity contribution is 0.101. The van der Waals surface area contributed by atoms with Crippen LogP contribution in [0, 0.1) is 0 Å².